The van der Waals surface area contributed by atoms with Crippen LogP contribution in [0.1, 0.15) is 41.6 Å². The molecular formula is C26H32ClN7O3S2. The fourth-order valence-electron chi connectivity index (χ4n) is 4.73. The average Bonchev–Trinajstić information content (AvgIpc) is 3.47. The van der Waals surface area contributed by atoms with Crippen molar-refractivity contribution < 1.29 is 14.7 Å². The summed E-state index contributed by atoms with van der Waals surface area (Å²) in [6.45, 7) is 6.61. The smallest absolute Gasteiger partial charge is 0.304 e. The second-order valence-electron chi connectivity index (χ2n) is 10.2. The highest BCUT2D eigenvalue weighted by Crippen LogP contribution is 2.37. The van der Waals surface area contributed by atoms with Gasteiger partial charge in [0.15, 0.2) is 5.13 Å². The van der Waals surface area contributed by atoms with Crippen molar-refractivity contribution >= 4 is 57.1 Å². The van der Waals surface area contributed by atoms with E-state index >= 15 is 0 Å². The number of carbonyl (C=O) groups is 2. The Labute approximate surface area is 240 Å². The molecule has 0 spiro atoms. The van der Waals surface area contributed by atoms with Crippen LogP contribution in [0.5, 0.6) is 0 Å². The van der Waals surface area contributed by atoms with Crippen LogP contribution >= 0.6 is 34.3 Å². The number of nitrogens with zero attached hydrogens (tertiary/aromatic N) is 6. The highest BCUT2D eigenvalue weighted by Gasteiger charge is 2.26. The molecule has 5 rings (SSSR count). The molecule has 0 bridgehead atoms. The number of thiophene rings is 1. The maximum atomic E-state index is 13.0. The molecule has 4 heterocycles. The fourth-order valence-corrected chi connectivity index (χ4v) is 6.94. The summed E-state index contributed by atoms with van der Waals surface area (Å²) in [6.07, 6.45) is 5.83. The van der Waals surface area contributed by atoms with E-state index in [1.165, 1.54) is 30.4 Å². The maximum absolute atomic E-state index is 13.0. The van der Waals surface area contributed by atoms with Gasteiger partial charge in [-0.3, -0.25) is 19.8 Å². The number of carboxylic acids is 1. The number of hydrogen-bond donors (Lipinski definition) is 2. The van der Waals surface area contributed by atoms with Gasteiger partial charge in [0.25, 0.3) is 5.91 Å². The zero-order valence-corrected chi connectivity index (χ0v) is 24.4. The summed E-state index contributed by atoms with van der Waals surface area (Å²) in [7, 11) is 2.12. The standard InChI is InChI=1S/C26H32ClN7O3S2/c1-16-12-34(8-7-33(16)6-5-23(35)36)22-11-28-19(10-29-22)25(37)31-26-30-24(20-9-18(27)15-38-20)21(39-26)14-32(2)13-17-3-4-17/h9-11,15-17H,3-8,12-14H2,1-2H3,(H,35,36)(H,30,31,37)/t16-/m1/s1. The van der Waals surface area contributed by atoms with Gasteiger partial charge in [0.05, 0.1) is 34.4 Å². The maximum Gasteiger partial charge on any atom is 0.304 e. The van der Waals surface area contributed by atoms with E-state index in [-0.39, 0.29) is 24.1 Å². The Morgan fingerprint density at radius 2 is 2.08 bits per heavy atom. The van der Waals surface area contributed by atoms with Crippen molar-refractivity contribution in [2.75, 3.05) is 50.0 Å². The molecule has 1 atom stereocenters. The number of aliphatic carboxylic acids is 1. The summed E-state index contributed by atoms with van der Waals surface area (Å²) in [4.78, 5) is 46.2. The third kappa shape index (κ3) is 7.31. The van der Waals surface area contributed by atoms with Gasteiger partial charge in [-0.2, -0.15) is 0 Å². The third-order valence-corrected chi connectivity index (χ3v) is 9.21. The number of piperazine rings is 1. The van der Waals surface area contributed by atoms with Gasteiger partial charge in [-0.1, -0.05) is 22.9 Å². The number of amides is 1. The van der Waals surface area contributed by atoms with Gasteiger partial charge < -0.3 is 14.9 Å². The quantitative estimate of drug-likeness (QED) is 0.336. The van der Waals surface area contributed by atoms with Gasteiger partial charge in [0.2, 0.25) is 0 Å². The minimum Gasteiger partial charge on any atom is -0.481 e. The second kappa shape index (κ2) is 12.3. The number of hydrogen-bond acceptors (Lipinski definition) is 10. The summed E-state index contributed by atoms with van der Waals surface area (Å²) >= 11 is 9.21. The summed E-state index contributed by atoms with van der Waals surface area (Å²) < 4.78 is 0. The Kier molecular flexibility index (Phi) is 8.77. The lowest BCUT2D eigenvalue weighted by molar-refractivity contribution is -0.137. The van der Waals surface area contributed by atoms with Crippen LogP contribution in [0.3, 0.4) is 0 Å². The van der Waals surface area contributed by atoms with Crippen LogP contribution < -0.4 is 10.2 Å². The zero-order valence-electron chi connectivity index (χ0n) is 22.0. The predicted octanol–water partition coefficient (Wildman–Crippen LogP) is 4.39. The second-order valence-corrected chi connectivity index (χ2v) is 12.7. The Balaban J connectivity index is 1.23. The average molecular weight is 590 g/mol. The van der Waals surface area contributed by atoms with Crippen LogP contribution in [0.15, 0.2) is 23.8 Å². The predicted molar refractivity (Wildman–Crippen MR) is 155 cm³/mol. The molecule has 1 saturated heterocycles. The Bertz CT molecular complexity index is 1310. The summed E-state index contributed by atoms with van der Waals surface area (Å²) in [5, 5.41) is 15.0. The molecule has 0 aromatic carbocycles. The molecule has 1 amide bonds. The van der Waals surface area contributed by atoms with Crippen molar-refractivity contribution in [2.45, 2.75) is 38.8 Å². The Morgan fingerprint density at radius 1 is 1.26 bits per heavy atom. The lowest BCUT2D eigenvalue weighted by Gasteiger charge is -2.40. The van der Waals surface area contributed by atoms with Crippen molar-refractivity contribution in [3.8, 4) is 10.6 Å². The SMILES string of the molecule is C[C@@H]1CN(c2cnc(C(=O)Nc3nc(-c4cc(Cl)cs4)c(CN(C)CC4CC4)s3)cn2)CCN1CCC(=O)O. The number of aromatic nitrogens is 3. The number of carbonyl (C=O) groups excluding carboxylic acids is 1. The van der Waals surface area contributed by atoms with Gasteiger partial charge in [-0.15, -0.1) is 11.3 Å². The van der Waals surface area contributed by atoms with Gasteiger partial charge in [0.1, 0.15) is 11.5 Å². The molecule has 0 unspecified atom stereocenters. The largest absolute Gasteiger partial charge is 0.481 e. The van der Waals surface area contributed by atoms with E-state index in [1.54, 1.807) is 17.5 Å². The lowest BCUT2D eigenvalue weighted by Crippen LogP contribution is -2.52. The minimum absolute atomic E-state index is 0.133. The first-order chi connectivity index (χ1) is 18.7. The molecule has 1 saturated carbocycles. The molecule has 1 aliphatic heterocycles. The van der Waals surface area contributed by atoms with E-state index in [9.17, 15) is 9.59 Å². The van der Waals surface area contributed by atoms with Crippen molar-refractivity contribution in [3.63, 3.8) is 0 Å². The normalized spacial score (nSPS) is 18.1. The highest BCUT2D eigenvalue weighted by atomic mass is 35.5. The number of nitrogens with one attached hydrogen (secondary N) is 1. The van der Waals surface area contributed by atoms with E-state index in [1.807, 2.05) is 11.4 Å². The number of halogens is 1. The molecule has 3 aromatic heterocycles. The van der Waals surface area contributed by atoms with E-state index < -0.39 is 5.97 Å². The number of thiazole rings is 1. The van der Waals surface area contributed by atoms with E-state index in [0.29, 0.717) is 29.1 Å². The number of anilines is 2. The fraction of sp³-hybridized carbons (Fsp3) is 0.500. The molecule has 2 N–H and O–H groups in total. The zero-order chi connectivity index (χ0) is 27.5. The van der Waals surface area contributed by atoms with Crippen LogP contribution in [0.25, 0.3) is 10.6 Å². The first kappa shape index (κ1) is 27.9. The molecule has 10 nitrogen and oxygen atoms in total. The molecule has 13 heteroatoms. The monoisotopic (exact) mass is 589 g/mol. The van der Waals surface area contributed by atoms with Crippen molar-refractivity contribution in [1.29, 1.82) is 0 Å². The molecule has 0 radical (unpaired) electrons. The van der Waals surface area contributed by atoms with E-state index in [4.69, 9.17) is 21.7 Å². The lowest BCUT2D eigenvalue weighted by atomic mass is 10.2. The summed E-state index contributed by atoms with van der Waals surface area (Å²) in [5.41, 5.74) is 1.07. The van der Waals surface area contributed by atoms with Crippen LogP contribution in [0, 0.1) is 5.92 Å². The number of rotatable bonds is 11. The molecule has 1 aliphatic carbocycles. The van der Waals surface area contributed by atoms with Gasteiger partial charge in [0, 0.05) is 55.6 Å². The van der Waals surface area contributed by atoms with Gasteiger partial charge in [-0.05, 0) is 38.8 Å². The van der Waals surface area contributed by atoms with Crippen molar-refractivity contribution in [2.24, 2.45) is 5.92 Å². The van der Waals surface area contributed by atoms with Crippen LogP contribution in [0.4, 0.5) is 10.9 Å². The first-order valence-electron chi connectivity index (χ1n) is 13.0. The Morgan fingerprint density at radius 3 is 2.72 bits per heavy atom. The molecule has 3 aromatic rings. The van der Waals surface area contributed by atoms with E-state index in [0.717, 1.165) is 47.5 Å². The van der Waals surface area contributed by atoms with Crippen molar-refractivity contribution in [1.82, 2.24) is 24.8 Å². The highest BCUT2D eigenvalue weighted by molar-refractivity contribution is 7.17. The van der Waals surface area contributed by atoms with Gasteiger partial charge in [-0.25, -0.2) is 15.0 Å². The molecule has 2 fully saturated rings. The first-order valence-corrected chi connectivity index (χ1v) is 15.1. The molecule has 39 heavy (non-hydrogen) atoms. The van der Waals surface area contributed by atoms with Crippen LogP contribution in [-0.4, -0.2) is 87.5 Å². The van der Waals surface area contributed by atoms with Crippen molar-refractivity contribution in [3.05, 3.63) is 39.4 Å². The summed E-state index contributed by atoms with van der Waals surface area (Å²) in [5.74, 6) is 0.338. The third-order valence-electron chi connectivity index (χ3n) is 6.97. The molecule has 208 valence electrons. The van der Waals surface area contributed by atoms with Crippen LogP contribution in [0.2, 0.25) is 5.02 Å². The van der Waals surface area contributed by atoms with Crippen LogP contribution in [-0.2, 0) is 11.3 Å². The molecule has 2 aliphatic rings. The minimum atomic E-state index is -0.786. The summed E-state index contributed by atoms with van der Waals surface area (Å²) in [6, 6.07) is 2.10. The Hall–Kier alpha value is -2.64. The van der Waals surface area contributed by atoms with E-state index in [2.05, 4.69) is 44.0 Å². The van der Waals surface area contributed by atoms with Gasteiger partial charge >= 0.3 is 5.97 Å². The number of carboxylic acid groups (broad SMARTS) is 1. The topological polar surface area (TPSA) is 115 Å². The molecular weight excluding hydrogens is 558 g/mol.